The first-order valence-electron chi connectivity index (χ1n) is 6.23. The Balaban J connectivity index is 1.86. The van der Waals surface area contributed by atoms with Crippen molar-refractivity contribution in [2.24, 2.45) is 0 Å². The molecule has 1 saturated heterocycles. The largest absolute Gasteiger partial charge is 0.457 e. The summed E-state index contributed by atoms with van der Waals surface area (Å²) in [5, 5.41) is 0. The lowest BCUT2D eigenvalue weighted by atomic mass is 9.70. The van der Waals surface area contributed by atoms with Gasteiger partial charge >= 0.3 is 5.97 Å². The highest BCUT2D eigenvalue weighted by molar-refractivity contribution is 9.10. The lowest BCUT2D eigenvalue weighted by Gasteiger charge is -2.17. The molecule has 0 aliphatic carbocycles. The van der Waals surface area contributed by atoms with Gasteiger partial charge in [-0.1, -0.05) is 34.4 Å². The van der Waals surface area contributed by atoms with E-state index in [2.05, 4.69) is 15.9 Å². The van der Waals surface area contributed by atoms with E-state index in [1.54, 1.807) is 24.3 Å². The van der Waals surface area contributed by atoms with Crippen molar-refractivity contribution < 1.29 is 14.3 Å². The summed E-state index contributed by atoms with van der Waals surface area (Å²) < 4.78 is 6.01. The van der Waals surface area contributed by atoms with Crippen molar-refractivity contribution in [3.05, 3.63) is 34.3 Å². The number of carbonyl (C=O) groups excluding carboxylic acids is 2. The van der Waals surface area contributed by atoms with Crippen molar-refractivity contribution in [3.8, 4) is 0 Å². The molecule has 1 aliphatic heterocycles. The average molecular weight is 324 g/mol. The van der Waals surface area contributed by atoms with Crippen LogP contribution in [0.1, 0.15) is 10.4 Å². The van der Waals surface area contributed by atoms with Crippen molar-refractivity contribution in [1.82, 2.24) is 4.90 Å². The van der Waals surface area contributed by atoms with Gasteiger partial charge in [0.15, 0.2) is 19.7 Å². The minimum atomic E-state index is -0.300. The van der Waals surface area contributed by atoms with Crippen molar-refractivity contribution >= 4 is 35.0 Å². The minimum absolute atomic E-state index is 0.179. The summed E-state index contributed by atoms with van der Waals surface area (Å²) in [6.45, 7) is 0.714. The molecule has 19 heavy (non-hydrogen) atoms. The normalized spacial score (nSPS) is 18.9. The molecule has 0 saturated carbocycles. The molecular weight excluding hydrogens is 309 g/mol. The maximum atomic E-state index is 11.9. The fourth-order valence-electron chi connectivity index (χ4n) is 2.16. The molecule has 1 atom stereocenters. The van der Waals surface area contributed by atoms with Crippen LogP contribution in [-0.2, 0) is 9.53 Å². The Kier molecular flexibility index (Phi) is 4.77. The number of nitrogens with zero attached hydrogens (tertiary/aromatic N) is 1. The fourth-order valence-corrected chi connectivity index (χ4v) is 2.42. The second-order valence-corrected chi connectivity index (χ2v) is 5.59. The van der Waals surface area contributed by atoms with Gasteiger partial charge in [-0.2, -0.15) is 0 Å². The molecule has 100 valence electrons. The summed E-state index contributed by atoms with van der Waals surface area (Å²) in [6, 6.07) is 7.00. The van der Waals surface area contributed by atoms with Gasteiger partial charge in [-0.15, -0.1) is 0 Å². The number of carbonyl (C=O) groups is 2. The maximum Gasteiger partial charge on any atom is 0.315 e. The Morgan fingerprint density at radius 2 is 2.11 bits per heavy atom. The standard InChI is InChI=1S/C13H15BBrNO3/c1-16-7-6-14-12(16)13(18)19-8-11(17)9-2-4-10(15)5-3-9/h2-5,12,14H,6-8H2,1H3. The zero-order chi connectivity index (χ0) is 13.8. The summed E-state index contributed by atoms with van der Waals surface area (Å²) in [7, 11) is 2.71. The third-order valence-electron chi connectivity index (χ3n) is 3.30. The van der Waals surface area contributed by atoms with E-state index in [1.807, 2.05) is 11.9 Å². The van der Waals surface area contributed by atoms with Gasteiger partial charge in [0.1, 0.15) is 0 Å². The SMILES string of the molecule is CN1CCBC1C(=O)OCC(=O)c1ccc(Br)cc1. The lowest BCUT2D eigenvalue weighted by Crippen LogP contribution is -2.38. The molecule has 0 N–H and O–H groups in total. The van der Waals surface area contributed by atoms with E-state index >= 15 is 0 Å². The van der Waals surface area contributed by atoms with Crippen LogP contribution in [0.4, 0.5) is 0 Å². The van der Waals surface area contributed by atoms with E-state index in [0.29, 0.717) is 5.56 Å². The first-order chi connectivity index (χ1) is 9.08. The average Bonchev–Trinajstić information content (AvgIpc) is 2.83. The van der Waals surface area contributed by atoms with Gasteiger partial charge in [0.25, 0.3) is 0 Å². The molecule has 0 amide bonds. The van der Waals surface area contributed by atoms with Gasteiger partial charge in [0, 0.05) is 10.0 Å². The van der Waals surface area contributed by atoms with Crippen molar-refractivity contribution in [1.29, 1.82) is 0 Å². The Labute approximate surface area is 121 Å². The van der Waals surface area contributed by atoms with Crippen LogP contribution in [0.2, 0.25) is 6.32 Å². The summed E-state index contributed by atoms with van der Waals surface area (Å²) in [5.74, 6) is -0.676. The van der Waals surface area contributed by atoms with Crippen LogP contribution in [0.25, 0.3) is 0 Å². The Bertz CT molecular complexity index is 477. The van der Waals surface area contributed by atoms with Gasteiger partial charge in [0.05, 0.1) is 5.94 Å². The quantitative estimate of drug-likeness (QED) is 0.476. The number of ketones is 1. The second-order valence-electron chi connectivity index (χ2n) is 4.68. The van der Waals surface area contributed by atoms with Crippen molar-refractivity contribution in [2.75, 3.05) is 20.2 Å². The highest BCUT2D eigenvalue weighted by Crippen LogP contribution is 2.12. The summed E-state index contributed by atoms with van der Waals surface area (Å²) in [4.78, 5) is 25.6. The number of esters is 1. The van der Waals surface area contributed by atoms with Crippen molar-refractivity contribution in [3.63, 3.8) is 0 Å². The van der Waals surface area contributed by atoms with Gasteiger partial charge in [0.2, 0.25) is 0 Å². The van der Waals surface area contributed by atoms with Gasteiger partial charge in [-0.05, 0) is 25.7 Å². The van der Waals surface area contributed by atoms with Crippen LogP contribution in [0.5, 0.6) is 0 Å². The number of ether oxygens (including phenoxy) is 1. The number of hydrogen-bond acceptors (Lipinski definition) is 4. The first kappa shape index (κ1) is 14.3. The minimum Gasteiger partial charge on any atom is -0.457 e. The van der Waals surface area contributed by atoms with E-state index in [1.165, 1.54) is 0 Å². The molecule has 1 aliphatic rings. The molecule has 1 fully saturated rings. The highest BCUT2D eigenvalue weighted by Gasteiger charge is 2.30. The highest BCUT2D eigenvalue weighted by atomic mass is 79.9. The summed E-state index contributed by atoms with van der Waals surface area (Å²) in [6.07, 6.45) is 0.997. The maximum absolute atomic E-state index is 11.9. The van der Waals surface area contributed by atoms with Gasteiger partial charge < -0.3 is 9.64 Å². The van der Waals surface area contributed by atoms with Crippen LogP contribution in [0.15, 0.2) is 28.7 Å². The number of rotatable bonds is 4. The van der Waals surface area contributed by atoms with Crippen molar-refractivity contribution in [2.45, 2.75) is 12.3 Å². The van der Waals surface area contributed by atoms with Crippen LogP contribution >= 0.6 is 15.9 Å². The fraction of sp³-hybridized carbons (Fsp3) is 0.385. The molecule has 2 rings (SSSR count). The van der Waals surface area contributed by atoms with E-state index in [9.17, 15) is 9.59 Å². The molecule has 0 bridgehead atoms. The van der Waals surface area contributed by atoms with E-state index in [0.717, 1.165) is 24.6 Å². The van der Waals surface area contributed by atoms with Crippen LogP contribution in [-0.4, -0.2) is 50.1 Å². The third-order valence-corrected chi connectivity index (χ3v) is 3.83. The molecule has 1 heterocycles. The number of halogens is 1. The predicted octanol–water partition coefficient (Wildman–Crippen LogP) is 1.30. The third kappa shape index (κ3) is 3.67. The Morgan fingerprint density at radius 1 is 1.42 bits per heavy atom. The van der Waals surface area contributed by atoms with Crippen LogP contribution in [0.3, 0.4) is 0 Å². The topological polar surface area (TPSA) is 46.6 Å². The number of likely N-dealkylation sites (N-methyl/N-ethyl adjacent to an activating group) is 1. The monoisotopic (exact) mass is 323 g/mol. The van der Waals surface area contributed by atoms with Crippen LogP contribution < -0.4 is 0 Å². The van der Waals surface area contributed by atoms with E-state index in [4.69, 9.17) is 4.74 Å². The van der Waals surface area contributed by atoms with Crippen LogP contribution in [0, 0.1) is 0 Å². The first-order valence-corrected chi connectivity index (χ1v) is 7.03. The summed E-state index contributed by atoms with van der Waals surface area (Å²) in [5.41, 5.74) is 0.552. The molecule has 1 unspecified atom stereocenters. The Morgan fingerprint density at radius 3 is 2.68 bits per heavy atom. The smallest absolute Gasteiger partial charge is 0.315 e. The predicted molar refractivity (Wildman–Crippen MR) is 77.8 cm³/mol. The van der Waals surface area contributed by atoms with Gasteiger partial charge in [-0.3, -0.25) is 9.59 Å². The van der Waals surface area contributed by atoms with E-state index in [-0.39, 0.29) is 24.3 Å². The zero-order valence-corrected chi connectivity index (χ0v) is 12.4. The molecule has 0 spiro atoms. The van der Waals surface area contributed by atoms with Gasteiger partial charge in [-0.25, -0.2) is 0 Å². The Hall–Kier alpha value is -1.14. The number of benzene rings is 1. The molecule has 1 aromatic rings. The lowest BCUT2D eigenvalue weighted by molar-refractivity contribution is -0.144. The number of hydrogen-bond donors (Lipinski definition) is 0. The molecule has 4 nitrogen and oxygen atoms in total. The zero-order valence-electron chi connectivity index (χ0n) is 10.8. The molecule has 0 radical (unpaired) electrons. The summed E-state index contributed by atoms with van der Waals surface area (Å²) >= 11 is 3.31. The molecule has 1 aromatic carbocycles. The number of Topliss-reactive ketones (excluding diaryl/α,β-unsaturated/α-hetero) is 1. The molecule has 0 aromatic heterocycles. The molecular formula is C13H15BBrNO3. The van der Waals surface area contributed by atoms with E-state index < -0.39 is 0 Å². The molecule has 6 heteroatoms. The second kappa shape index (κ2) is 6.35.